The predicted octanol–water partition coefficient (Wildman–Crippen LogP) is 5.15. The minimum atomic E-state index is -0.449. The minimum absolute atomic E-state index is 0.204. The summed E-state index contributed by atoms with van der Waals surface area (Å²) in [5.41, 5.74) is 0.165. The van der Waals surface area contributed by atoms with E-state index >= 15 is 0 Å². The molecule has 2 heteroatoms. The Balaban J connectivity index is 1.60. The van der Waals surface area contributed by atoms with Crippen LogP contribution in [0, 0.1) is 40.4 Å². The summed E-state index contributed by atoms with van der Waals surface area (Å²) in [4.78, 5) is 12.5. The highest BCUT2D eigenvalue weighted by Gasteiger charge is 2.61. The van der Waals surface area contributed by atoms with Gasteiger partial charge in [0.15, 0.2) is 5.78 Å². The van der Waals surface area contributed by atoms with E-state index in [1.54, 1.807) is 6.08 Å². The summed E-state index contributed by atoms with van der Waals surface area (Å²) in [7, 11) is 0. The first-order chi connectivity index (χ1) is 11.7. The van der Waals surface area contributed by atoms with Gasteiger partial charge in [-0.05, 0) is 105 Å². The summed E-state index contributed by atoms with van der Waals surface area (Å²) >= 11 is 0. The van der Waals surface area contributed by atoms with Gasteiger partial charge in [0, 0.05) is 5.92 Å². The van der Waals surface area contributed by atoms with Crippen LogP contribution in [0.15, 0.2) is 12.7 Å². The van der Waals surface area contributed by atoms with Gasteiger partial charge < -0.3 is 5.11 Å². The molecule has 0 heterocycles. The van der Waals surface area contributed by atoms with E-state index in [0.717, 1.165) is 37.0 Å². The maximum Gasteiger partial charge on any atom is 0.158 e. The van der Waals surface area contributed by atoms with Crippen LogP contribution in [0.25, 0.3) is 0 Å². The Morgan fingerprint density at radius 2 is 1.68 bits per heavy atom. The summed E-state index contributed by atoms with van der Waals surface area (Å²) in [6.07, 6.45) is 12.1. The van der Waals surface area contributed by atoms with Crippen LogP contribution in [0.4, 0.5) is 0 Å². The van der Waals surface area contributed by atoms with Crippen molar-refractivity contribution in [3.63, 3.8) is 0 Å². The molecule has 4 fully saturated rings. The average molecular weight is 345 g/mol. The van der Waals surface area contributed by atoms with Gasteiger partial charge in [-0.3, -0.25) is 4.79 Å². The van der Waals surface area contributed by atoms with Crippen LogP contribution in [-0.2, 0) is 4.79 Å². The molecular formula is C23H36O2. The zero-order chi connectivity index (χ0) is 18.0. The number of hydrogen-bond donors (Lipinski definition) is 1. The number of aliphatic hydroxyl groups is 1. The maximum absolute atomic E-state index is 12.5. The molecule has 4 aliphatic rings. The zero-order valence-corrected chi connectivity index (χ0v) is 16.4. The third kappa shape index (κ3) is 2.50. The van der Waals surface area contributed by atoms with E-state index in [0.29, 0.717) is 11.3 Å². The maximum atomic E-state index is 12.5. The number of fused-ring (bicyclic) bond motifs is 5. The van der Waals surface area contributed by atoms with E-state index < -0.39 is 5.60 Å². The van der Waals surface area contributed by atoms with Crippen molar-refractivity contribution >= 4 is 5.78 Å². The normalized spacial score (nSPS) is 55.0. The summed E-state index contributed by atoms with van der Waals surface area (Å²) in [6.45, 7) is 10.7. The Kier molecular flexibility index (Phi) is 4.04. The number of ketones is 1. The average Bonchev–Trinajstić information content (AvgIpc) is 2.92. The molecule has 0 unspecified atom stereocenters. The molecule has 2 nitrogen and oxygen atoms in total. The molecule has 4 aliphatic carbocycles. The molecule has 0 aromatic carbocycles. The molecule has 0 spiro atoms. The van der Waals surface area contributed by atoms with Crippen molar-refractivity contribution in [1.29, 1.82) is 0 Å². The number of allylic oxidation sites excluding steroid dienone is 1. The Labute approximate surface area is 153 Å². The van der Waals surface area contributed by atoms with Crippen molar-refractivity contribution in [3.05, 3.63) is 12.7 Å². The second-order valence-electron chi connectivity index (χ2n) is 10.6. The van der Waals surface area contributed by atoms with Gasteiger partial charge in [-0.15, -0.1) is 0 Å². The van der Waals surface area contributed by atoms with E-state index in [9.17, 15) is 9.90 Å². The molecule has 0 bridgehead atoms. The van der Waals surface area contributed by atoms with Gasteiger partial charge in [0.1, 0.15) is 0 Å². The first-order valence-electron chi connectivity index (χ1n) is 10.6. The highest BCUT2D eigenvalue weighted by atomic mass is 16.3. The first-order valence-corrected chi connectivity index (χ1v) is 10.6. The van der Waals surface area contributed by atoms with Crippen LogP contribution in [0.2, 0.25) is 0 Å². The van der Waals surface area contributed by atoms with Gasteiger partial charge in [-0.25, -0.2) is 0 Å². The molecule has 0 saturated heterocycles. The number of rotatable bonds is 2. The fourth-order valence-corrected chi connectivity index (χ4v) is 8.04. The fraction of sp³-hybridized carbons (Fsp3) is 0.870. The highest BCUT2D eigenvalue weighted by molar-refractivity contribution is 5.92. The van der Waals surface area contributed by atoms with Crippen LogP contribution in [-0.4, -0.2) is 16.5 Å². The molecule has 1 N–H and O–H groups in total. The van der Waals surface area contributed by atoms with Gasteiger partial charge in [-0.1, -0.05) is 20.4 Å². The van der Waals surface area contributed by atoms with Crippen molar-refractivity contribution in [2.24, 2.45) is 40.4 Å². The Bertz CT molecular complexity index is 579. The number of carbonyl (C=O) groups excluding carboxylic acids is 1. The zero-order valence-electron chi connectivity index (χ0n) is 16.4. The van der Waals surface area contributed by atoms with Gasteiger partial charge in [0.05, 0.1) is 5.60 Å². The number of hydrogen-bond acceptors (Lipinski definition) is 2. The van der Waals surface area contributed by atoms with Crippen molar-refractivity contribution in [2.75, 3.05) is 0 Å². The van der Waals surface area contributed by atoms with Gasteiger partial charge >= 0.3 is 0 Å². The van der Waals surface area contributed by atoms with Crippen LogP contribution in [0.5, 0.6) is 0 Å². The van der Waals surface area contributed by atoms with Crippen LogP contribution < -0.4 is 0 Å². The standard InChI is InChI=1S/C23H36O2/c1-5-20(24)19-9-8-17-16-7-6-15-14-21(2,25)12-13-22(15,3)18(16)10-11-23(17,19)4/h5,15-19,25H,1,6-14H2,2-4H3/t15-,16-,17-,18-,19+,21+,22-,23-/m0/s1. The monoisotopic (exact) mass is 344 g/mol. The molecule has 0 radical (unpaired) electrons. The quantitative estimate of drug-likeness (QED) is 0.703. The van der Waals surface area contributed by atoms with Crippen LogP contribution in [0.3, 0.4) is 0 Å². The summed E-state index contributed by atoms with van der Waals surface area (Å²) in [6, 6.07) is 0. The van der Waals surface area contributed by atoms with E-state index in [1.165, 1.54) is 38.5 Å². The molecule has 25 heavy (non-hydrogen) atoms. The lowest BCUT2D eigenvalue weighted by atomic mass is 9.44. The lowest BCUT2D eigenvalue weighted by molar-refractivity contribution is -0.149. The Morgan fingerprint density at radius 3 is 2.40 bits per heavy atom. The second-order valence-corrected chi connectivity index (χ2v) is 10.6. The van der Waals surface area contributed by atoms with Gasteiger partial charge in [0.2, 0.25) is 0 Å². The molecule has 0 aromatic rings. The van der Waals surface area contributed by atoms with E-state index in [-0.39, 0.29) is 17.1 Å². The minimum Gasteiger partial charge on any atom is -0.390 e. The third-order valence-corrected chi connectivity index (χ3v) is 9.50. The molecule has 0 amide bonds. The van der Waals surface area contributed by atoms with E-state index in [4.69, 9.17) is 0 Å². The van der Waals surface area contributed by atoms with Gasteiger partial charge in [-0.2, -0.15) is 0 Å². The molecule has 140 valence electrons. The molecule has 0 aliphatic heterocycles. The SMILES string of the molecule is C=CC(=O)[C@H]1CC[C@H]2[C@@H]3CC[C@H]4C[C@](C)(O)CC[C@]4(C)[C@H]3CC[C@]12C. The number of carbonyl (C=O) groups is 1. The summed E-state index contributed by atoms with van der Waals surface area (Å²) in [5, 5.41) is 10.6. The van der Waals surface area contributed by atoms with Crippen molar-refractivity contribution < 1.29 is 9.90 Å². The molecule has 4 rings (SSSR count). The Morgan fingerprint density at radius 1 is 0.960 bits per heavy atom. The van der Waals surface area contributed by atoms with Crippen molar-refractivity contribution in [2.45, 2.75) is 84.2 Å². The topological polar surface area (TPSA) is 37.3 Å². The van der Waals surface area contributed by atoms with Crippen LogP contribution >= 0.6 is 0 Å². The Hall–Kier alpha value is -0.630. The smallest absolute Gasteiger partial charge is 0.158 e. The second kappa shape index (κ2) is 5.68. The van der Waals surface area contributed by atoms with E-state index in [2.05, 4.69) is 20.4 Å². The molecule has 8 atom stereocenters. The van der Waals surface area contributed by atoms with E-state index in [1.807, 2.05) is 6.92 Å². The first kappa shape index (κ1) is 17.8. The van der Waals surface area contributed by atoms with Crippen molar-refractivity contribution in [1.82, 2.24) is 0 Å². The summed E-state index contributed by atoms with van der Waals surface area (Å²) < 4.78 is 0. The lowest BCUT2D eigenvalue weighted by Gasteiger charge is -2.61. The largest absolute Gasteiger partial charge is 0.390 e. The van der Waals surface area contributed by atoms with Crippen molar-refractivity contribution in [3.8, 4) is 0 Å². The van der Waals surface area contributed by atoms with Crippen LogP contribution in [0.1, 0.15) is 78.6 Å². The van der Waals surface area contributed by atoms with Gasteiger partial charge in [0.25, 0.3) is 0 Å². The summed E-state index contributed by atoms with van der Waals surface area (Å²) in [5.74, 6) is 3.52. The highest BCUT2D eigenvalue weighted by Crippen LogP contribution is 2.68. The molecular weight excluding hydrogens is 308 g/mol. The fourth-order valence-electron chi connectivity index (χ4n) is 8.04. The molecule has 4 saturated carbocycles. The third-order valence-electron chi connectivity index (χ3n) is 9.50. The molecule has 0 aromatic heterocycles. The lowest BCUT2D eigenvalue weighted by Crippen LogP contribution is -2.55. The predicted molar refractivity (Wildman–Crippen MR) is 101 cm³/mol.